The highest BCUT2D eigenvalue weighted by molar-refractivity contribution is 5.96. The number of fused-ring (bicyclic) bond motifs is 1. The van der Waals surface area contributed by atoms with Crippen LogP contribution in [0.25, 0.3) is 10.8 Å². The molecule has 0 unspecified atom stereocenters. The zero-order valence-electron chi connectivity index (χ0n) is 9.19. The van der Waals surface area contributed by atoms with E-state index in [0.717, 1.165) is 0 Å². The van der Waals surface area contributed by atoms with Gasteiger partial charge < -0.3 is 14.8 Å². The van der Waals surface area contributed by atoms with E-state index in [1.54, 1.807) is 6.92 Å². The van der Waals surface area contributed by atoms with E-state index in [9.17, 15) is 14.7 Å². The van der Waals surface area contributed by atoms with E-state index in [0.29, 0.717) is 5.39 Å². The first-order valence-electron chi connectivity index (χ1n) is 5.15. The minimum atomic E-state index is -0.489. The number of nitrogens with one attached hydrogen (secondary N) is 1. The quantitative estimate of drug-likeness (QED) is 0.768. The van der Waals surface area contributed by atoms with Crippen LogP contribution in [-0.4, -0.2) is 22.7 Å². The van der Waals surface area contributed by atoms with Crippen molar-refractivity contribution < 1.29 is 14.6 Å². The zero-order chi connectivity index (χ0) is 12.4. The minimum Gasteiger partial charge on any atom is -0.506 e. The average Bonchev–Trinajstić information content (AvgIpc) is 2.34. The molecule has 2 N–H and O–H groups in total. The molecule has 0 atom stereocenters. The van der Waals surface area contributed by atoms with Crippen LogP contribution in [0, 0.1) is 0 Å². The van der Waals surface area contributed by atoms with Gasteiger partial charge in [0.1, 0.15) is 5.75 Å². The number of ether oxygens (including phenoxy) is 1. The molecule has 2 rings (SSSR count). The van der Waals surface area contributed by atoms with E-state index >= 15 is 0 Å². The summed E-state index contributed by atoms with van der Waals surface area (Å²) in [5, 5.41) is 10.2. The minimum absolute atomic E-state index is 0.0324. The molecule has 0 aliphatic heterocycles. The second-order valence-corrected chi connectivity index (χ2v) is 3.48. The molecular formula is C12H11NO4. The van der Waals surface area contributed by atoms with Gasteiger partial charge in [-0.1, -0.05) is 0 Å². The Morgan fingerprint density at radius 3 is 2.88 bits per heavy atom. The summed E-state index contributed by atoms with van der Waals surface area (Å²) in [5.41, 5.74) is -0.0700. The number of aromatic nitrogens is 1. The lowest BCUT2D eigenvalue weighted by Gasteiger charge is -2.04. The molecule has 0 amide bonds. The lowest BCUT2D eigenvalue weighted by atomic mass is 10.1. The number of carbonyl (C=O) groups excluding carboxylic acids is 1. The molecule has 0 saturated heterocycles. The van der Waals surface area contributed by atoms with Crippen LogP contribution in [0.15, 0.2) is 29.2 Å². The monoisotopic (exact) mass is 233 g/mol. The summed E-state index contributed by atoms with van der Waals surface area (Å²) in [6.07, 6.45) is 1.22. The number of esters is 1. The molecule has 1 aromatic heterocycles. The SMILES string of the molecule is CCOC(=O)c1ccc2c(O)c[nH]c(=O)c2c1. The van der Waals surface area contributed by atoms with Gasteiger partial charge in [-0.2, -0.15) is 0 Å². The van der Waals surface area contributed by atoms with Crippen LogP contribution in [0.5, 0.6) is 5.75 Å². The number of rotatable bonds is 2. The van der Waals surface area contributed by atoms with E-state index in [2.05, 4.69) is 4.98 Å². The third kappa shape index (κ3) is 1.99. The molecule has 17 heavy (non-hydrogen) atoms. The maximum Gasteiger partial charge on any atom is 0.338 e. The maximum absolute atomic E-state index is 11.5. The van der Waals surface area contributed by atoms with E-state index in [4.69, 9.17) is 4.74 Å². The molecule has 0 aliphatic rings. The smallest absolute Gasteiger partial charge is 0.338 e. The number of aromatic hydroxyl groups is 1. The fourth-order valence-electron chi connectivity index (χ4n) is 1.59. The third-order valence-electron chi connectivity index (χ3n) is 2.39. The van der Waals surface area contributed by atoms with E-state index in [1.165, 1.54) is 24.4 Å². The Balaban J connectivity index is 2.62. The van der Waals surface area contributed by atoms with Crippen molar-refractivity contribution in [3.05, 3.63) is 40.3 Å². The van der Waals surface area contributed by atoms with Gasteiger partial charge in [0.2, 0.25) is 0 Å². The number of benzene rings is 1. The summed E-state index contributed by atoms with van der Waals surface area (Å²) < 4.78 is 4.83. The number of hydrogen-bond acceptors (Lipinski definition) is 4. The van der Waals surface area contributed by atoms with Crippen LogP contribution in [0.1, 0.15) is 17.3 Å². The molecule has 0 bridgehead atoms. The Labute approximate surface area is 96.7 Å². The van der Waals surface area contributed by atoms with Crippen molar-refractivity contribution in [2.24, 2.45) is 0 Å². The van der Waals surface area contributed by atoms with E-state index < -0.39 is 5.97 Å². The lowest BCUT2D eigenvalue weighted by Crippen LogP contribution is -2.08. The van der Waals surface area contributed by atoms with Gasteiger partial charge in [0.05, 0.1) is 17.6 Å². The molecule has 2 aromatic rings. The Morgan fingerprint density at radius 2 is 2.18 bits per heavy atom. The fraction of sp³-hybridized carbons (Fsp3) is 0.167. The average molecular weight is 233 g/mol. The summed E-state index contributed by atoms with van der Waals surface area (Å²) in [7, 11) is 0. The molecule has 0 aliphatic carbocycles. The Morgan fingerprint density at radius 1 is 1.41 bits per heavy atom. The van der Waals surface area contributed by atoms with Crippen molar-refractivity contribution in [3.63, 3.8) is 0 Å². The summed E-state index contributed by atoms with van der Waals surface area (Å²) in [5.74, 6) is -0.521. The van der Waals surface area contributed by atoms with Crippen molar-refractivity contribution in [1.29, 1.82) is 0 Å². The number of pyridine rings is 1. The molecule has 0 fully saturated rings. The van der Waals surface area contributed by atoms with Gasteiger partial charge in [-0.25, -0.2) is 4.79 Å². The highest BCUT2D eigenvalue weighted by Gasteiger charge is 2.10. The standard InChI is InChI=1S/C12H11NO4/c1-2-17-12(16)7-3-4-8-9(5-7)11(15)13-6-10(8)14/h3-6,14H,2H2,1H3,(H,13,15). The Kier molecular flexibility index (Phi) is 2.82. The second kappa shape index (κ2) is 4.29. The normalized spacial score (nSPS) is 10.4. The lowest BCUT2D eigenvalue weighted by molar-refractivity contribution is 0.0526. The van der Waals surface area contributed by atoms with E-state index in [-0.39, 0.29) is 28.9 Å². The van der Waals surface area contributed by atoms with Crippen LogP contribution in [0.2, 0.25) is 0 Å². The number of aromatic amines is 1. The molecule has 5 heteroatoms. The molecule has 1 aromatic carbocycles. The van der Waals surface area contributed by atoms with Gasteiger partial charge in [0.25, 0.3) is 5.56 Å². The summed E-state index contributed by atoms with van der Waals surface area (Å²) in [6, 6.07) is 4.44. The number of carbonyl (C=O) groups is 1. The first kappa shape index (κ1) is 11.2. The van der Waals surface area contributed by atoms with Crippen LogP contribution in [0.3, 0.4) is 0 Å². The number of H-pyrrole nitrogens is 1. The van der Waals surface area contributed by atoms with Gasteiger partial charge in [-0.15, -0.1) is 0 Å². The first-order chi connectivity index (χ1) is 8.13. The molecule has 88 valence electrons. The van der Waals surface area contributed by atoms with Gasteiger partial charge in [0, 0.05) is 11.6 Å². The van der Waals surface area contributed by atoms with E-state index in [1.807, 2.05) is 0 Å². The van der Waals surface area contributed by atoms with Gasteiger partial charge >= 0.3 is 5.97 Å². The Bertz CT molecular complexity index is 630. The van der Waals surface area contributed by atoms with Gasteiger partial charge in [0.15, 0.2) is 0 Å². The predicted octanol–water partition coefficient (Wildman–Crippen LogP) is 1.41. The molecule has 0 spiro atoms. The first-order valence-corrected chi connectivity index (χ1v) is 5.15. The summed E-state index contributed by atoms with van der Waals surface area (Å²) in [4.78, 5) is 25.4. The number of hydrogen-bond donors (Lipinski definition) is 2. The maximum atomic E-state index is 11.5. The van der Waals surface area contributed by atoms with Crippen LogP contribution < -0.4 is 5.56 Å². The van der Waals surface area contributed by atoms with Gasteiger partial charge in [-0.05, 0) is 25.1 Å². The van der Waals surface area contributed by atoms with Crippen molar-refractivity contribution in [3.8, 4) is 5.75 Å². The highest BCUT2D eigenvalue weighted by Crippen LogP contribution is 2.21. The van der Waals surface area contributed by atoms with Crippen LogP contribution >= 0.6 is 0 Å². The summed E-state index contributed by atoms with van der Waals surface area (Å²) in [6.45, 7) is 1.98. The molecule has 1 heterocycles. The van der Waals surface area contributed by atoms with Gasteiger partial charge in [-0.3, -0.25) is 4.79 Å². The molecule has 5 nitrogen and oxygen atoms in total. The third-order valence-corrected chi connectivity index (χ3v) is 2.39. The summed E-state index contributed by atoms with van der Waals surface area (Å²) >= 11 is 0. The van der Waals surface area contributed by atoms with Crippen molar-refractivity contribution in [1.82, 2.24) is 4.98 Å². The Hall–Kier alpha value is -2.30. The van der Waals surface area contributed by atoms with Crippen molar-refractivity contribution in [2.75, 3.05) is 6.61 Å². The highest BCUT2D eigenvalue weighted by atomic mass is 16.5. The van der Waals surface area contributed by atoms with Crippen LogP contribution in [-0.2, 0) is 4.74 Å². The largest absolute Gasteiger partial charge is 0.506 e. The van der Waals surface area contributed by atoms with Crippen LogP contribution in [0.4, 0.5) is 0 Å². The zero-order valence-corrected chi connectivity index (χ0v) is 9.19. The van der Waals surface area contributed by atoms with Crippen molar-refractivity contribution >= 4 is 16.7 Å². The molecule has 0 radical (unpaired) electrons. The fourth-order valence-corrected chi connectivity index (χ4v) is 1.59. The topological polar surface area (TPSA) is 79.4 Å². The molecular weight excluding hydrogens is 222 g/mol. The van der Waals surface area contributed by atoms with Crippen molar-refractivity contribution in [2.45, 2.75) is 6.92 Å². The molecule has 0 saturated carbocycles. The second-order valence-electron chi connectivity index (χ2n) is 3.48. The predicted molar refractivity (Wildman–Crippen MR) is 62.2 cm³/mol.